The largest absolute Gasteiger partial charge is 0.421 e. The number of hydrogen-bond donors (Lipinski definition) is 0. The van der Waals surface area contributed by atoms with Crippen molar-refractivity contribution in [2.75, 3.05) is 0 Å². The van der Waals surface area contributed by atoms with Gasteiger partial charge in [0.25, 0.3) is 0 Å². The number of rotatable bonds is 3. The topological polar surface area (TPSA) is 26.3 Å². The first-order chi connectivity index (χ1) is 9.56. The molecule has 0 unspecified atom stereocenters. The molecule has 0 spiro atoms. The molecular weight excluding hydrogens is 340 g/mol. The summed E-state index contributed by atoms with van der Waals surface area (Å²) in [6.45, 7) is 1.83. The summed E-state index contributed by atoms with van der Waals surface area (Å²) in [5, 5.41) is 0.401. The average molecular weight is 352 g/mol. The Hall–Kier alpha value is -1.58. The summed E-state index contributed by atoms with van der Waals surface area (Å²) in [5.41, 5.74) is 1.73. The highest BCUT2D eigenvalue weighted by Crippen LogP contribution is 2.32. The summed E-state index contributed by atoms with van der Waals surface area (Å²) >= 11 is 9.40. The normalized spacial score (nSPS) is 10.8. The van der Waals surface area contributed by atoms with E-state index in [1.807, 2.05) is 43.3 Å². The van der Waals surface area contributed by atoms with Gasteiger partial charge in [-0.1, -0.05) is 57.9 Å². The summed E-state index contributed by atoms with van der Waals surface area (Å²) < 4.78 is 6.12. The molecule has 0 fully saturated rings. The van der Waals surface area contributed by atoms with Crippen molar-refractivity contribution in [1.29, 1.82) is 0 Å². The van der Waals surface area contributed by atoms with Gasteiger partial charge in [-0.05, 0) is 36.3 Å². The van der Waals surface area contributed by atoms with Crippen LogP contribution >= 0.6 is 27.5 Å². The second-order valence-corrected chi connectivity index (χ2v) is 5.52. The lowest BCUT2D eigenvalue weighted by Gasteiger charge is -2.08. The Morgan fingerprint density at radius 2 is 1.95 bits per heavy atom. The third kappa shape index (κ3) is 3.95. The smallest absolute Gasteiger partial charge is 0.336 e. The van der Waals surface area contributed by atoms with Crippen molar-refractivity contribution < 1.29 is 9.53 Å². The van der Waals surface area contributed by atoms with Crippen molar-refractivity contribution in [3.63, 3.8) is 0 Å². The van der Waals surface area contributed by atoms with Crippen LogP contribution in [-0.4, -0.2) is 5.97 Å². The van der Waals surface area contributed by atoms with Gasteiger partial charge in [-0.15, -0.1) is 0 Å². The zero-order valence-corrected chi connectivity index (χ0v) is 13.1. The third-order valence-electron chi connectivity index (χ3n) is 2.61. The van der Waals surface area contributed by atoms with E-state index >= 15 is 0 Å². The summed E-state index contributed by atoms with van der Waals surface area (Å²) in [4.78, 5) is 11.8. The number of carbonyl (C=O) groups is 1. The number of carbonyl (C=O) groups excluding carboxylic acids is 1. The molecule has 0 N–H and O–H groups in total. The number of halogens is 2. The molecule has 0 aliphatic carbocycles. The number of hydrogen-bond acceptors (Lipinski definition) is 2. The molecule has 2 aromatic rings. The summed E-state index contributed by atoms with van der Waals surface area (Å²) in [7, 11) is 0. The molecule has 2 rings (SSSR count). The Morgan fingerprint density at radius 3 is 2.60 bits per heavy atom. The Kier molecular flexibility index (Phi) is 4.99. The zero-order valence-electron chi connectivity index (χ0n) is 10.8. The minimum Gasteiger partial charge on any atom is -0.421 e. The maximum absolute atomic E-state index is 11.8. The van der Waals surface area contributed by atoms with Crippen LogP contribution in [0, 0.1) is 6.92 Å². The molecule has 20 heavy (non-hydrogen) atoms. The highest BCUT2D eigenvalue weighted by atomic mass is 79.9. The van der Waals surface area contributed by atoms with Crippen LogP contribution < -0.4 is 4.74 Å². The first-order valence-corrected chi connectivity index (χ1v) is 7.14. The van der Waals surface area contributed by atoms with Gasteiger partial charge in [-0.25, -0.2) is 4.79 Å². The van der Waals surface area contributed by atoms with Crippen LogP contribution in [0.5, 0.6) is 5.75 Å². The maximum Gasteiger partial charge on any atom is 0.336 e. The van der Waals surface area contributed by atoms with E-state index in [4.69, 9.17) is 16.3 Å². The minimum atomic E-state index is -0.457. The van der Waals surface area contributed by atoms with Crippen LogP contribution in [0.4, 0.5) is 0 Å². The molecule has 0 bridgehead atoms. The second-order valence-electron chi connectivity index (χ2n) is 4.20. The molecule has 102 valence electrons. The highest BCUT2D eigenvalue weighted by Gasteiger charge is 2.10. The van der Waals surface area contributed by atoms with E-state index in [0.717, 1.165) is 15.6 Å². The van der Waals surface area contributed by atoms with Crippen molar-refractivity contribution in [2.24, 2.45) is 0 Å². The van der Waals surface area contributed by atoms with Gasteiger partial charge < -0.3 is 4.74 Å². The highest BCUT2D eigenvalue weighted by molar-refractivity contribution is 9.10. The Labute approximate surface area is 131 Å². The fraction of sp³-hybridized carbons (Fsp3) is 0.0625. The van der Waals surface area contributed by atoms with E-state index in [9.17, 15) is 4.79 Å². The summed E-state index contributed by atoms with van der Waals surface area (Å²) in [5.74, 6) is -0.0706. The quantitative estimate of drug-likeness (QED) is 0.440. The van der Waals surface area contributed by atoms with Gasteiger partial charge in [-0.3, -0.25) is 0 Å². The van der Waals surface area contributed by atoms with Crippen LogP contribution in [0.25, 0.3) is 6.08 Å². The Bertz CT molecular complexity index is 628. The van der Waals surface area contributed by atoms with E-state index in [2.05, 4.69) is 15.9 Å². The first kappa shape index (κ1) is 14.8. The molecule has 0 saturated heterocycles. The fourth-order valence-electron chi connectivity index (χ4n) is 1.68. The molecule has 0 atom stereocenters. The van der Waals surface area contributed by atoms with Crippen LogP contribution in [0.1, 0.15) is 11.1 Å². The molecular formula is C16H12BrClO2. The van der Waals surface area contributed by atoms with Crippen molar-refractivity contribution in [3.05, 3.63) is 69.2 Å². The predicted molar refractivity (Wildman–Crippen MR) is 85.0 cm³/mol. The number of ether oxygens (including phenoxy) is 1. The minimum absolute atomic E-state index is 0.387. The first-order valence-electron chi connectivity index (χ1n) is 5.97. The van der Waals surface area contributed by atoms with Gasteiger partial charge in [0.1, 0.15) is 0 Å². The van der Waals surface area contributed by atoms with Crippen LogP contribution in [0.3, 0.4) is 0 Å². The molecule has 0 saturated carbocycles. The van der Waals surface area contributed by atoms with E-state index in [1.54, 1.807) is 12.1 Å². The van der Waals surface area contributed by atoms with Crippen LogP contribution in [0.15, 0.2) is 53.0 Å². The predicted octanol–water partition coefficient (Wildman–Crippen LogP) is 5.03. The molecule has 0 aromatic heterocycles. The lowest BCUT2D eigenvalue weighted by atomic mass is 10.2. The van der Waals surface area contributed by atoms with Crippen LogP contribution in [0.2, 0.25) is 5.02 Å². The molecule has 0 aliphatic rings. The molecule has 2 nitrogen and oxygen atoms in total. The summed E-state index contributed by atoms with van der Waals surface area (Å²) in [6.07, 6.45) is 3.08. The monoisotopic (exact) mass is 350 g/mol. The maximum atomic E-state index is 11.8. The lowest BCUT2D eigenvalue weighted by Crippen LogP contribution is -2.05. The van der Waals surface area contributed by atoms with Gasteiger partial charge >= 0.3 is 5.97 Å². The standard InChI is InChI=1S/C16H12BrClO2/c1-11-9-13(17)10-14(18)16(11)20-15(19)8-7-12-5-3-2-4-6-12/h2-10H,1H3/b8-7+. The van der Waals surface area contributed by atoms with Gasteiger partial charge in [0.05, 0.1) is 5.02 Å². The number of esters is 1. The Balaban J connectivity index is 2.11. The van der Waals surface area contributed by atoms with E-state index in [-0.39, 0.29) is 0 Å². The van der Waals surface area contributed by atoms with Crippen molar-refractivity contribution >= 4 is 39.6 Å². The lowest BCUT2D eigenvalue weighted by molar-refractivity contribution is -0.128. The van der Waals surface area contributed by atoms with Crippen molar-refractivity contribution in [2.45, 2.75) is 6.92 Å². The molecule has 4 heteroatoms. The van der Waals surface area contributed by atoms with E-state index < -0.39 is 5.97 Å². The zero-order chi connectivity index (χ0) is 14.5. The number of aryl methyl sites for hydroxylation is 1. The van der Waals surface area contributed by atoms with E-state index in [0.29, 0.717) is 10.8 Å². The third-order valence-corrected chi connectivity index (χ3v) is 3.35. The molecule has 0 radical (unpaired) electrons. The Morgan fingerprint density at radius 1 is 1.25 bits per heavy atom. The average Bonchev–Trinajstić information content (AvgIpc) is 2.42. The summed E-state index contributed by atoms with van der Waals surface area (Å²) in [6, 6.07) is 13.1. The molecule has 2 aromatic carbocycles. The molecule has 0 aliphatic heterocycles. The van der Waals surface area contributed by atoms with Crippen molar-refractivity contribution in [3.8, 4) is 5.75 Å². The van der Waals surface area contributed by atoms with Crippen LogP contribution in [-0.2, 0) is 4.79 Å². The van der Waals surface area contributed by atoms with Gasteiger partial charge in [0, 0.05) is 10.5 Å². The SMILES string of the molecule is Cc1cc(Br)cc(Cl)c1OC(=O)/C=C/c1ccccc1. The molecule has 0 heterocycles. The van der Waals surface area contributed by atoms with Gasteiger partial charge in [-0.2, -0.15) is 0 Å². The molecule has 0 amide bonds. The van der Waals surface area contributed by atoms with Gasteiger partial charge in [0.2, 0.25) is 0 Å². The van der Waals surface area contributed by atoms with Gasteiger partial charge in [0.15, 0.2) is 5.75 Å². The second kappa shape index (κ2) is 6.73. The van der Waals surface area contributed by atoms with E-state index in [1.165, 1.54) is 6.08 Å². The fourth-order valence-corrected chi connectivity index (χ4v) is 2.69. The van der Waals surface area contributed by atoms with Crippen molar-refractivity contribution in [1.82, 2.24) is 0 Å². The number of benzene rings is 2.